The second kappa shape index (κ2) is 8.63. The SMILES string of the molecule is CCCN(CCC)C(=O)CCc1nc(-c2cccnc2)cs1. The minimum Gasteiger partial charge on any atom is -0.343 e. The maximum atomic E-state index is 12.3. The predicted molar refractivity (Wildman–Crippen MR) is 90.8 cm³/mol. The van der Waals surface area contributed by atoms with Crippen molar-refractivity contribution >= 4 is 17.2 Å². The normalized spacial score (nSPS) is 10.6. The summed E-state index contributed by atoms with van der Waals surface area (Å²) in [7, 11) is 0. The molecule has 2 heterocycles. The molecule has 2 aromatic rings. The van der Waals surface area contributed by atoms with Crippen LogP contribution in [-0.2, 0) is 11.2 Å². The Morgan fingerprint density at radius 3 is 2.68 bits per heavy atom. The van der Waals surface area contributed by atoms with Crippen molar-refractivity contribution in [3.63, 3.8) is 0 Å². The Labute approximate surface area is 136 Å². The molecule has 0 spiro atoms. The average Bonchev–Trinajstić information content (AvgIpc) is 3.02. The van der Waals surface area contributed by atoms with Crippen molar-refractivity contribution in [2.24, 2.45) is 0 Å². The van der Waals surface area contributed by atoms with Gasteiger partial charge in [0.2, 0.25) is 5.91 Å². The molecule has 0 unspecified atom stereocenters. The van der Waals surface area contributed by atoms with E-state index in [1.54, 1.807) is 17.5 Å². The molecule has 0 aliphatic rings. The fraction of sp³-hybridized carbons (Fsp3) is 0.471. The fourth-order valence-electron chi connectivity index (χ4n) is 2.35. The molecular weight excluding hydrogens is 294 g/mol. The number of rotatable bonds is 8. The molecule has 0 aromatic carbocycles. The summed E-state index contributed by atoms with van der Waals surface area (Å²) < 4.78 is 0. The van der Waals surface area contributed by atoms with Gasteiger partial charge in [0.15, 0.2) is 0 Å². The van der Waals surface area contributed by atoms with Crippen molar-refractivity contribution in [3.8, 4) is 11.3 Å². The first-order chi connectivity index (χ1) is 10.7. The number of aryl methyl sites for hydroxylation is 1. The maximum absolute atomic E-state index is 12.3. The molecule has 22 heavy (non-hydrogen) atoms. The van der Waals surface area contributed by atoms with Crippen LogP contribution in [0.4, 0.5) is 0 Å². The summed E-state index contributed by atoms with van der Waals surface area (Å²) >= 11 is 1.62. The summed E-state index contributed by atoms with van der Waals surface area (Å²) in [5.41, 5.74) is 1.97. The first-order valence-electron chi connectivity index (χ1n) is 7.87. The zero-order valence-corrected chi connectivity index (χ0v) is 14.1. The highest BCUT2D eigenvalue weighted by Gasteiger charge is 2.13. The van der Waals surface area contributed by atoms with Gasteiger partial charge in [-0.05, 0) is 25.0 Å². The van der Waals surface area contributed by atoms with E-state index in [1.807, 2.05) is 28.6 Å². The van der Waals surface area contributed by atoms with Crippen molar-refractivity contribution < 1.29 is 4.79 Å². The average molecular weight is 317 g/mol. The minimum absolute atomic E-state index is 0.238. The number of thiazole rings is 1. The van der Waals surface area contributed by atoms with E-state index in [1.165, 1.54) is 0 Å². The van der Waals surface area contributed by atoms with E-state index in [0.717, 1.165) is 42.2 Å². The van der Waals surface area contributed by atoms with E-state index in [2.05, 4.69) is 23.8 Å². The molecule has 0 N–H and O–H groups in total. The number of hydrogen-bond acceptors (Lipinski definition) is 4. The van der Waals surface area contributed by atoms with Crippen molar-refractivity contribution in [1.29, 1.82) is 0 Å². The van der Waals surface area contributed by atoms with E-state index in [9.17, 15) is 4.79 Å². The Hall–Kier alpha value is -1.75. The number of amides is 1. The van der Waals surface area contributed by atoms with Gasteiger partial charge in [0.1, 0.15) is 0 Å². The van der Waals surface area contributed by atoms with Gasteiger partial charge in [-0.25, -0.2) is 4.98 Å². The highest BCUT2D eigenvalue weighted by atomic mass is 32.1. The third kappa shape index (κ3) is 4.63. The molecule has 2 rings (SSSR count). The Kier molecular flexibility index (Phi) is 6.52. The van der Waals surface area contributed by atoms with Gasteiger partial charge in [-0.1, -0.05) is 13.8 Å². The number of carbonyl (C=O) groups excluding carboxylic acids is 1. The van der Waals surface area contributed by atoms with Gasteiger partial charge < -0.3 is 4.90 Å². The van der Waals surface area contributed by atoms with Crippen LogP contribution in [0, 0.1) is 0 Å². The first kappa shape index (κ1) is 16.6. The predicted octanol–water partition coefficient (Wildman–Crippen LogP) is 3.79. The lowest BCUT2D eigenvalue weighted by molar-refractivity contribution is -0.131. The van der Waals surface area contributed by atoms with Crippen LogP contribution in [0.25, 0.3) is 11.3 Å². The Balaban J connectivity index is 1.92. The molecule has 0 fully saturated rings. The molecule has 0 saturated heterocycles. The highest BCUT2D eigenvalue weighted by Crippen LogP contribution is 2.21. The smallest absolute Gasteiger partial charge is 0.222 e. The van der Waals surface area contributed by atoms with E-state index in [0.29, 0.717) is 12.8 Å². The fourth-order valence-corrected chi connectivity index (χ4v) is 3.15. The van der Waals surface area contributed by atoms with Crippen LogP contribution in [0.3, 0.4) is 0 Å². The summed E-state index contributed by atoms with van der Waals surface area (Å²) in [4.78, 5) is 23.0. The largest absolute Gasteiger partial charge is 0.343 e. The van der Waals surface area contributed by atoms with Gasteiger partial charge in [-0.2, -0.15) is 0 Å². The van der Waals surface area contributed by atoms with Gasteiger partial charge in [-0.15, -0.1) is 11.3 Å². The first-order valence-corrected chi connectivity index (χ1v) is 8.75. The summed E-state index contributed by atoms with van der Waals surface area (Å²) in [6, 6.07) is 3.91. The molecule has 0 saturated carbocycles. The molecule has 5 heteroatoms. The number of hydrogen-bond donors (Lipinski definition) is 0. The molecule has 0 atom stereocenters. The van der Waals surface area contributed by atoms with Gasteiger partial charge in [0.05, 0.1) is 10.7 Å². The summed E-state index contributed by atoms with van der Waals surface area (Å²) in [6.45, 7) is 5.92. The summed E-state index contributed by atoms with van der Waals surface area (Å²) in [5, 5.41) is 3.05. The quantitative estimate of drug-likeness (QED) is 0.744. The summed E-state index contributed by atoms with van der Waals surface area (Å²) in [6.07, 6.45) is 6.84. The van der Waals surface area contributed by atoms with Crippen molar-refractivity contribution in [2.75, 3.05) is 13.1 Å². The van der Waals surface area contributed by atoms with Crippen molar-refractivity contribution in [1.82, 2.24) is 14.9 Å². The molecular formula is C17H23N3OS. The Bertz CT molecular complexity index is 577. The minimum atomic E-state index is 0.238. The van der Waals surface area contributed by atoms with Crippen LogP contribution in [0.5, 0.6) is 0 Å². The number of carbonyl (C=O) groups is 1. The van der Waals surface area contributed by atoms with Crippen LogP contribution >= 0.6 is 11.3 Å². The zero-order chi connectivity index (χ0) is 15.8. The molecule has 2 aromatic heterocycles. The lowest BCUT2D eigenvalue weighted by Gasteiger charge is -2.21. The highest BCUT2D eigenvalue weighted by molar-refractivity contribution is 7.09. The maximum Gasteiger partial charge on any atom is 0.222 e. The van der Waals surface area contributed by atoms with Crippen molar-refractivity contribution in [3.05, 3.63) is 34.9 Å². The monoisotopic (exact) mass is 317 g/mol. The Morgan fingerprint density at radius 2 is 2.05 bits per heavy atom. The second-order valence-corrected chi connectivity index (χ2v) is 6.19. The number of aromatic nitrogens is 2. The number of nitrogens with zero attached hydrogens (tertiary/aromatic N) is 3. The Morgan fingerprint density at radius 1 is 1.27 bits per heavy atom. The molecule has 0 aliphatic carbocycles. The van der Waals surface area contributed by atoms with E-state index in [4.69, 9.17) is 0 Å². The standard InChI is InChI=1S/C17H23N3OS/c1-3-10-20(11-4-2)17(21)8-7-16-19-15(13-22-16)14-6-5-9-18-12-14/h5-6,9,12-13H,3-4,7-8,10-11H2,1-2H3. The topological polar surface area (TPSA) is 46.1 Å². The third-order valence-electron chi connectivity index (χ3n) is 3.40. The van der Waals surface area contributed by atoms with Gasteiger partial charge in [0.25, 0.3) is 0 Å². The van der Waals surface area contributed by atoms with Crippen LogP contribution in [-0.4, -0.2) is 33.9 Å². The van der Waals surface area contributed by atoms with E-state index in [-0.39, 0.29) is 5.91 Å². The lowest BCUT2D eigenvalue weighted by atomic mass is 10.2. The summed E-state index contributed by atoms with van der Waals surface area (Å²) in [5.74, 6) is 0.238. The van der Waals surface area contributed by atoms with Gasteiger partial charge in [-0.3, -0.25) is 9.78 Å². The lowest BCUT2D eigenvalue weighted by Crippen LogP contribution is -2.32. The van der Waals surface area contributed by atoms with Crippen LogP contribution < -0.4 is 0 Å². The van der Waals surface area contributed by atoms with Crippen LogP contribution in [0.2, 0.25) is 0 Å². The molecule has 1 amide bonds. The molecule has 0 radical (unpaired) electrons. The van der Waals surface area contributed by atoms with Crippen LogP contribution in [0.1, 0.15) is 38.1 Å². The molecule has 0 bridgehead atoms. The number of pyridine rings is 1. The van der Waals surface area contributed by atoms with Crippen molar-refractivity contribution in [2.45, 2.75) is 39.5 Å². The van der Waals surface area contributed by atoms with Gasteiger partial charge in [0, 0.05) is 49.3 Å². The second-order valence-electron chi connectivity index (χ2n) is 5.25. The molecule has 4 nitrogen and oxygen atoms in total. The molecule has 118 valence electrons. The van der Waals surface area contributed by atoms with E-state index < -0.39 is 0 Å². The van der Waals surface area contributed by atoms with E-state index >= 15 is 0 Å². The molecule has 0 aliphatic heterocycles. The zero-order valence-electron chi connectivity index (χ0n) is 13.3. The van der Waals surface area contributed by atoms with Gasteiger partial charge >= 0.3 is 0 Å². The third-order valence-corrected chi connectivity index (χ3v) is 4.31. The van der Waals surface area contributed by atoms with Crippen LogP contribution in [0.15, 0.2) is 29.9 Å².